The number of hydrogen-bond acceptors (Lipinski definition) is 2. The smallest absolute Gasteiger partial charge is 0.264 e. The topological polar surface area (TPSA) is 53.0 Å². The number of benzene rings is 2. The molecule has 0 atom stereocenters. The number of para-hydroxylation sites is 2. The van der Waals surface area contributed by atoms with Crippen molar-refractivity contribution in [3.8, 4) is 0 Å². The van der Waals surface area contributed by atoms with E-state index in [1.165, 1.54) is 0 Å². The number of carbonyl (C=O) groups is 1. The van der Waals surface area contributed by atoms with Gasteiger partial charge < -0.3 is 10.3 Å². The van der Waals surface area contributed by atoms with Crippen molar-refractivity contribution in [2.75, 3.05) is 5.73 Å². The second kappa shape index (κ2) is 4.49. The largest absolute Gasteiger partial charge is 0.397 e. The number of nitrogens with two attached hydrogens (primary N) is 1. The van der Waals surface area contributed by atoms with Crippen molar-refractivity contribution in [1.29, 1.82) is 0 Å². The third-order valence-electron chi connectivity index (χ3n) is 4.09. The summed E-state index contributed by atoms with van der Waals surface area (Å²) in [6, 6.07) is 15.4. The lowest BCUT2D eigenvalue weighted by Crippen LogP contribution is -2.13. The van der Waals surface area contributed by atoms with Gasteiger partial charge in [0.05, 0.1) is 22.3 Å². The Morgan fingerprint density at radius 2 is 1.59 bits per heavy atom. The molecule has 0 fully saturated rings. The molecule has 0 aliphatic rings. The first-order chi connectivity index (χ1) is 10.7. The van der Waals surface area contributed by atoms with Crippen LogP contribution >= 0.6 is 0 Å². The van der Waals surface area contributed by atoms with Crippen molar-refractivity contribution in [3.05, 3.63) is 66.5 Å². The molecule has 2 aromatic heterocycles. The van der Waals surface area contributed by atoms with Crippen molar-refractivity contribution in [1.82, 2.24) is 9.13 Å². The van der Waals surface area contributed by atoms with Gasteiger partial charge >= 0.3 is 0 Å². The van der Waals surface area contributed by atoms with Gasteiger partial charge in [0.1, 0.15) is 0 Å². The van der Waals surface area contributed by atoms with Gasteiger partial charge in [0, 0.05) is 30.2 Å². The van der Waals surface area contributed by atoms with E-state index in [9.17, 15) is 4.79 Å². The zero-order chi connectivity index (χ0) is 15.3. The molecule has 0 spiro atoms. The standard InChI is InChI=1S/C18H15N3O/c1-20-10-8-12-4-2-6-14(16(12)20)18(22)21-11-9-13-5-3-7-15(19)17(13)21/h2-11H,19H2,1H3. The number of aryl methyl sites for hydroxylation is 1. The molecule has 2 heterocycles. The quantitative estimate of drug-likeness (QED) is 0.546. The normalized spacial score (nSPS) is 11.3. The summed E-state index contributed by atoms with van der Waals surface area (Å²) >= 11 is 0. The van der Waals surface area contributed by atoms with Gasteiger partial charge in [-0.3, -0.25) is 9.36 Å². The highest BCUT2D eigenvalue weighted by atomic mass is 16.2. The van der Waals surface area contributed by atoms with Crippen LogP contribution in [0.15, 0.2) is 60.9 Å². The number of anilines is 1. The van der Waals surface area contributed by atoms with Gasteiger partial charge in [0.15, 0.2) is 0 Å². The first-order valence-electron chi connectivity index (χ1n) is 7.11. The van der Waals surface area contributed by atoms with Gasteiger partial charge in [0.25, 0.3) is 5.91 Å². The fourth-order valence-electron chi connectivity index (χ4n) is 3.05. The summed E-state index contributed by atoms with van der Waals surface area (Å²) in [5, 5.41) is 2.02. The molecular formula is C18H15N3O. The van der Waals surface area contributed by atoms with Crippen LogP contribution in [0.2, 0.25) is 0 Å². The van der Waals surface area contributed by atoms with Crippen molar-refractivity contribution in [2.45, 2.75) is 0 Å². The van der Waals surface area contributed by atoms with Crippen LogP contribution in [0, 0.1) is 0 Å². The highest BCUT2D eigenvalue weighted by Crippen LogP contribution is 2.25. The first-order valence-corrected chi connectivity index (χ1v) is 7.11. The van der Waals surface area contributed by atoms with Crippen LogP contribution in [0.5, 0.6) is 0 Å². The summed E-state index contributed by atoms with van der Waals surface area (Å²) in [5.41, 5.74) is 9.04. The lowest BCUT2D eigenvalue weighted by atomic mass is 10.1. The van der Waals surface area contributed by atoms with Crippen LogP contribution in [-0.4, -0.2) is 15.0 Å². The highest BCUT2D eigenvalue weighted by molar-refractivity contribution is 6.11. The number of carbonyl (C=O) groups excluding carboxylic acids is 1. The minimum atomic E-state index is -0.0692. The van der Waals surface area contributed by atoms with E-state index >= 15 is 0 Å². The third kappa shape index (κ3) is 1.67. The number of fused-ring (bicyclic) bond motifs is 2. The predicted octanol–water partition coefficient (Wildman–Crippen LogP) is 3.40. The molecule has 2 N–H and O–H groups in total. The summed E-state index contributed by atoms with van der Waals surface area (Å²) in [6.07, 6.45) is 3.74. The summed E-state index contributed by atoms with van der Waals surface area (Å²) in [4.78, 5) is 13.0. The molecule has 108 valence electrons. The maximum atomic E-state index is 13.0. The molecular weight excluding hydrogens is 274 g/mol. The fraction of sp³-hybridized carbons (Fsp3) is 0.0556. The Kier molecular flexibility index (Phi) is 2.60. The molecule has 4 heteroatoms. The van der Waals surface area contributed by atoms with E-state index < -0.39 is 0 Å². The van der Waals surface area contributed by atoms with Crippen molar-refractivity contribution >= 4 is 33.4 Å². The Hall–Kier alpha value is -3.01. The molecule has 4 aromatic rings. The second-order valence-corrected chi connectivity index (χ2v) is 5.45. The molecule has 0 amide bonds. The Morgan fingerprint density at radius 3 is 2.41 bits per heavy atom. The van der Waals surface area contributed by atoms with E-state index in [0.29, 0.717) is 11.3 Å². The number of aromatic nitrogens is 2. The average molecular weight is 289 g/mol. The Bertz CT molecular complexity index is 1020. The van der Waals surface area contributed by atoms with E-state index in [4.69, 9.17) is 5.73 Å². The maximum Gasteiger partial charge on any atom is 0.264 e. The average Bonchev–Trinajstić information content (AvgIpc) is 3.12. The van der Waals surface area contributed by atoms with Gasteiger partial charge in [-0.05, 0) is 24.3 Å². The molecule has 0 unspecified atom stereocenters. The Morgan fingerprint density at radius 1 is 0.909 bits per heavy atom. The zero-order valence-electron chi connectivity index (χ0n) is 12.2. The van der Waals surface area contributed by atoms with Gasteiger partial charge in [-0.2, -0.15) is 0 Å². The summed E-state index contributed by atoms with van der Waals surface area (Å²) in [7, 11) is 1.95. The van der Waals surface area contributed by atoms with Crippen molar-refractivity contribution < 1.29 is 4.79 Å². The van der Waals surface area contributed by atoms with Crippen LogP contribution < -0.4 is 5.73 Å². The van der Waals surface area contributed by atoms with E-state index in [2.05, 4.69) is 0 Å². The first kappa shape index (κ1) is 12.7. The van der Waals surface area contributed by atoms with Gasteiger partial charge in [-0.1, -0.05) is 24.3 Å². The van der Waals surface area contributed by atoms with Gasteiger partial charge in [-0.15, -0.1) is 0 Å². The molecule has 0 saturated carbocycles. The molecule has 4 nitrogen and oxygen atoms in total. The molecule has 0 bridgehead atoms. The van der Waals surface area contributed by atoms with Crippen LogP contribution in [-0.2, 0) is 7.05 Å². The molecule has 4 rings (SSSR count). The predicted molar refractivity (Wildman–Crippen MR) is 89.0 cm³/mol. The van der Waals surface area contributed by atoms with Crippen molar-refractivity contribution in [2.24, 2.45) is 7.05 Å². The maximum absolute atomic E-state index is 13.0. The summed E-state index contributed by atoms with van der Waals surface area (Å²) < 4.78 is 3.60. The second-order valence-electron chi connectivity index (χ2n) is 5.45. The molecule has 0 aliphatic heterocycles. The molecule has 0 saturated heterocycles. The molecule has 0 radical (unpaired) electrons. The zero-order valence-corrected chi connectivity index (χ0v) is 12.2. The molecule has 0 aliphatic carbocycles. The molecule has 2 aromatic carbocycles. The van der Waals surface area contributed by atoms with Crippen LogP contribution in [0.25, 0.3) is 21.8 Å². The van der Waals surface area contributed by atoms with Gasteiger partial charge in [-0.25, -0.2) is 0 Å². The van der Waals surface area contributed by atoms with Gasteiger partial charge in [0.2, 0.25) is 0 Å². The highest BCUT2D eigenvalue weighted by Gasteiger charge is 2.17. The van der Waals surface area contributed by atoms with Crippen LogP contribution in [0.3, 0.4) is 0 Å². The summed E-state index contributed by atoms with van der Waals surface area (Å²) in [5.74, 6) is -0.0692. The van der Waals surface area contributed by atoms with Crippen molar-refractivity contribution in [3.63, 3.8) is 0 Å². The Labute approximate surface area is 127 Å². The Balaban J connectivity index is 1.98. The number of nitrogen functional groups attached to an aromatic ring is 1. The van der Waals surface area contributed by atoms with E-state index in [1.54, 1.807) is 10.8 Å². The summed E-state index contributed by atoms with van der Waals surface area (Å²) in [6.45, 7) is 0. The third-order valence-corrected chi connectivity index (χ3v) is 4.09. The fourth-order valence-corrected chi connectivity index (χ4v) is 3.05. The number of nitrogens with zero attached hydrogens (tertiary/aromatic N) is 2. The van der Waals surface area contributed by atoms with Crippen LogP contribution in [0.1, 0.15) is 10.4 Å². The monoisotopic (exact) mass is 289 g/mol. The molecule has 22 heavy (non-hydrogen) atoms. The lowest BCUT2D eigenvalue weighted by Gasteiger charge is -2.09. The minimum Gasteiger partial charge on any atom is -0.397 e. The number of rotatable bonds is 1. The van der Waals surface area contributed by atoms with E-state index in [0.717, 1.165) is 21.8 Å². The van der Waals surface area contributed by atoms with E-state index in [1.807, 2.05) is 66.3 Å². The lowest BCUT2D eigenvalue weighted by molar-refractivity contribution is 0.0966. The minimum absolute atomic E-state index is 0.0692. The SMILES string of the molecule is Cn1ccc2cccc(C(=O)n3ccc4cccc(N)c43)c21. The van der Waals surface area contributed by atoms with Crippen LogP contribution in [0.4, 0.5) is 5.69 Å². The van der Waals surface area contributed by atoms with E-state index in [-0.39, 0.29) is 5.91 Å². The number of hydrogen-bond donors (Lipinski definition) is 1.